The van der Waals surface area contributed by atoms with E-state index < -0.39 is 0 Å². The van der Waals surface area contributed by atoms with Gasteiger partial charge in [0.15, 0.2) is 0 Å². The summed E-state index contributed by atoms with van der Waals surface area (Å²) in [5.74, 6) is -0.00132. The van der Waals surface area contributed by atoms with Gasteiger partial charge in [-0.3, -0.25) is 9.89 Å². The Morgan fingerprint density at radius 2 is 1.89 bits per heavy atom. The summed E-state index contributed by atoms with van der Waals surface area (Å²) in [5, 5.41) is 9.04. The van der Waals surface area contributed by atoms with Gasteiger partial charge in [0.25, 0.3) is 5.91 Å². The van der Waals surface area contributed by atoms with Crippen LogP contribution >= 0.6 is 0 Å². The van der Waals surface area contributed by atoms with E-state index in [1.165, 1.54) is 11.8 Å². The van der Waals surface area contributed by atoms with Crippen molar-refractivity contribution in [3.63, 3.8) is 0 Å². The largest absolute Gasteiger partial charge is 0.383 e. The number of amides is 1. The lowest BCUT2D eigenvalue weighted by Gasteiger charge is -2.19. The molecule has 0 aliphatic rings. The van der Waals surface area contributed by atoms with Crippen molar-refractivity contribution in [3.05, 3.63) is 41.6 Å². The van der Waals surface area contributed by atoms with Gasteiger partial charge in [-0.05, 0) is 23.1 Å². The molecule has 19 heavy (non-hydrogen) atoms. The van der Waals surface area contributed by atoms with Crippen LogP contribution in [-0.2, 0) is 5.41 Å². The second-order valence-electron chi connectivity index (χ2n) is 5.48. The molecule has 1 aromatic heterocycles. The van der Waals surface area contributed by atoms with Crippen LogP contribution in [0.3, 0.4) is 0 Å². The summed E-state index contributed by atoms with van der Waals surface area (Å²) < 4.78 is 0. The van der Waals surface area contributed by atoms with Gasteiger partial charge in [0, 0.05) is 5.69 Å². The van der Waals surface area contributed by atoms with Gasteiger partial charge in [0.2, 0.25) is 0 Å². The monoisotopic (exact) mass is 258 g/mol. The number of nitrogen functional groups attached to an aromatic ring is 1. The molecule has 1 amide bonds. The molecule has 0 spiro atoms. The van der Waals surface area contributed by atoms with Crippen LogP contribution in [0.4, 0.5) is 11.5 Å². The fourth-order valence-corrected chi connectivity index (χ4v) is 1.73. The summed E-state index contributed by atoms with van der Waals surface area (Å²) in [7, 11) is 0. The lowest BCUT2D eigenvalue weighted by atomic mass is 9.87. The number of aromatic amines is 1. The van der Waals surface area contributed by atoms with Gasteiger partial charge in [-0.1, -0.05) is 32.9 Å². The zero-order valence-corrected chi connectivity index (χ0v) is 11.3. The smallest absolute Gasteiger partial charge is 0.261 e. The summed E-state index contributed by atoms with van der Waals surface area (Å²) in [6.07, 6.45) is 1.41. The van der Waals surface area contributed by atoms with Crippen LogP contribution in [-0.4, -0.2) is 16.1 Å². The average molecular weight is 258 g/mol. The molecule has 1 aromatic carbocycles. The number of aromatic nitrogens is 2. The van der Waals surface area contributed by atoms with Crippen LogP contribution < -0.4 is 11.1 Å². The van der Waals surface area contributed by atoms with E-state index in [9.17, 15) is 4.79 Å². The zero-order valence-electron chi connectivity index (χ0n) is 11.3. The Morgan fingerprint density at radius 1 is 1.26 bits per heavy atom. The number of nitrogens with zero attached hydrogens (tertiary/aromatic N) is 1. The van der Waals surface area contributed by atoms with E-state index in [0.717, 1.165) is 5.69 Å². The van der Waals surface area contributed by atoms with Gasteiger partial charge in [0.1, 0.15) is 11.4 Å². The Kier molecular flexibility index (Phi) is 3.29. The molecular weight excluding hydrogens is 240 g/mol. The summed E-state index contributed by atoms with van der Waals surface area (Å²) in [6.45, 7) is 6.44. The van der Waals surface area contributed by atoms with E-state index in [1.807, 2.05) is 24.3 Å². The quantitative estimate of drug-likeness (QED) is 0.774. The van der Waals surface area contributed by atoms with Crippen LogP contribution in [0.1, 0.15) is 36.7 Å². The lowest BCUT2D eigenvalue weighted by molar-refractivity contribution is 0.102. The maximum absolute atomic E-state index is 11.9. The normalized spacial score (nSPS) is 11.3. The molecule has 5 heteroatoms. The molecule has 4 N–H and O–H groups in total. The van der Waals surface area contributed by atoms with Crippen molar-refractivity contribution in [1.82, 2.24) is 10.2 Å². The van der Waals surface area contributed by atoms with Gasteiger partial charge in [-0.15, -0.1) is 0 Å². The Bertz CT molecular complexity index is 578. The molecule has 1 heterocycles. The summed E-state index contributed by atoms with van der Waals surface area (Å²) in [4.78, 5) is 11.9. The molecule has 0 fully saturated rings. The second kappa shape index (κ2) is 4.76. The number of H-pyrrole nitrogens is 1. The molecule has 100 valence electrons. The minimum absolute atomic E-state index is 0.0948. The molecule has 5 nitrogen and oxygen atoms in total. The van der Waals surface area contributed by atoms with Crippen molar-refractivity contribution in [2.75, 3.05) is 11.1 Å². The molecule has 0 aliphatic heterocycles. The van der Waals surface area contributed by atoms with Gasteiger partial charge < -0.3 is 11.1 Å². The molecule has 0 aliphatic carbocycles. The molecule has 2 rings (SSSR count). The van der Waals surface area contributed by atoms with Crippen LogP contribution in [0.5, 0.6) is 0 Å². The number of anilines is 2. The van der Waals surface area contributed by atoms with Crippen molar-refractivity contribution in [2.45, 2.75) is 26.2 Å². The summed E-state index contributed by atoms with van der Waals surface area (Å²) >= 11 is 0. The van der Waals surface area contributed by atoms with Crippen molar-refractivity contribution in [3.8, 4) is 0 Å². The fourth-order valence-electron chi connectivity index (χ4n) is 1.73. The van der Waals surface area contributed by atoms with Crippen molar-refractivity contribution in [1.29, 1.82) is 0 Å². The maximum Gasteiger partial charge on any atom is 0.261 e. The molecule has 0 bridgehead atoms. The first-order chi connectivity index (χ1) is 8.88. The average Bonchev–Trinajstić information content (AvgIpc) is 2.75. The van der Waals surface area contributed by atoms with E-state index in [4.69, 9.17) is 5.73 Å². The Balaban J connectivity index is 2.12. The molecule has 0 saturated heterocycles. The number of hydrogen-bond donors (Lipinski definition) is 3. The minimum atomic E-state index is -0.269. The maximum atomic E-state index is 11.9. The third-order valence-electron chi connectivity index (χ3n) is 2.92. The molecule has 2 aromatic rings. The lowest BCUT2D eigenvalue weighted by Crippen LogP contribution is -2.14. The zero-order chi connectivity index (χ0) is 14.0. The highest BCUT2D eigenvalue weighted by Gasteiger charge is 2.14. The number of carbonyl (C=O) groups is 1. The number of rotatable bonds is 2. The van der Waals surface area contributed by atoms with Crippen molar-refractivity contribution in [2.24, 2.45) is 0 Å². The highest BCUT2D eigenvalue weighted by molar-refractivity contribution is 6.07. The molecule has 0 atom stereocenters. The SMILES string of the molecule is CC(C)(C)c1ccc(NC(=O)c2cn[nH]c2N)cc1. The fraction of sp³-hybridized carbons (Fsp3) is 0.286. The number of nitrogens with one attached hydrogen (secondary N) is 2. The van der Waals surface area contributed by atoms with Gasteiger partial charge >= 0.3 is 0 Å². The predicted molar refractivity (Wildman–Crippen MR) is 76.1 cm³/mol. The molecule has 0 radical (unpaired) electrons. The summed E-state index contributed by atoms with van der Waals surface area (Å²) in [5.41, 5.74) is 7.99. The summed E-state index contributed by atoms with van der Waals surface area (Å²) in [6, 6.07) is 7.78. The van der Waals surface area contributed by atoms with Gasteiger partial charge in [-0.2, -0.15) is 5.10 Å². The standard InChI is InChI=1S/C14H18N4O/c1-14(2,3)9-4-6-10(7-5-9)17-13(19)11-8-16-18-12(11)15/h4-8H,1-3H3,(H,17,19)(H3,15,16,18). The number of nitrogens with two attached hydrogens (primary N) is 1. The van der Waals surface area contributed by atoms with Crippen LogP contribution in [0.15, 0.2) is 30.5 Å². The van der Waals surface area contributed by atoms with Crippen LogP contribution in [0, 0.1) is 0 Å². The third kappa shape index (κ3) is 2.93. The number of hydrogen-bond acceptors (Lipinski definition) is 3. The predicted octanol–water partition coefficient (Wildman–Crippen LogP) is 2.54. The van der Waals surface area contributed by atoms with E-state index in [-0.39, 0.29) is 17.1 Å². The van der Waals surface area contributed by atoms with Gasteiger partial charge in [0.05, 0.1) is 6.20 Å². The van der Waals surface area contributed by atoms with E-state index in [1.54, 1.807) is 0 Å². The molecule has 0 unspecified atom stereocenters. The van der Waals surface area contributed by atoms with Gasteiger partial charge in [-0.25, -0.2) is 0 Å². The first kappa shape index (κ1) is 13.1. The van der Waals surface area contributed by atoms with Crippen molar-refractivity contribution < 1.29 is 4.79 Å². The van der Waals surface area contributed by atoms with E-state index in [0.29, 0.717) is 5.56 Å². The van der Waals surface area contributed by atoms with E-state index >= 15 is 0 Å². The topological polar surface area (TPSA) is 83.8 Å². The minimum Gasteiger partial charge on any atom is -0.383 e. The Hall–Kier alpha value is -2.30. The Morgan fingerprint density at radius 3 is 2.37 bits per heavy atom. The first-order valence-electron chi connectivity index (χ1n) is 6.08. The van der Waals surface area contributed by atoms with Crippen LogP contribution in [0.25, 0.3) is 0 Å². The van der Waals surface area contributed by atoms with E-state index in [2.05, 4.69) is 36.3 Å². The van der Waals surface area contributed by atoms with Crippen molar-refractivity contribution >= 4 is 17.4 Å². The first-order valence-corrected chi connectivity index (χ1v) is 6.08. The van der Waals surface area contributed by atoms with Crippen LogP contribution in [0.2, 0.25) is 0 Å². The number of carbonyl (C=O) groups excluding carboxylic acids is 1. The third-order valence-corrected chi connectivity index (χ3v) is 2.92. The Labute approximate surface area is 112 Å². The second-order valence-corrected chi connectivity index (χ2v) is 5.48. The highest BCUT2D eigenvalue weighted by atomic mass is 16.1. The highest BCUT2D eigenvalue weighted by Crippen LogP contribution is 2.23. The number of benzene rings is 1. The molecule has 0 saturated carbocycles. The molecular formula is C14H18N4O.